The fraction of sp³-hybridized carbons (Fsp3) is 0.550. The highest BCUT2D eigenvalue weighted by Gasteiger charge is 2.39. The van der Waals surface area contributed by atoms with Gasteiger partial charge < -0.3 is 15.5 Å². The summed E-state index contributed by atoms with van der Waals surface area (Å²) in [4.78, 5) is 37.8. The van der Waals surface area contributed by atoms with Crippen LogP contribution in [0.5, 0.6) is 0 Å². The van der Waals surface area contributed by atoms with E-state index in [-0.39, 0.29) is 24.1 Å². The maximum Gasteiger partial charge on any atom is 0.255 e. The summed E-state index contributed by atoms with van der Waals surface area (Å²) in [6.45, 7) is 3.50. The number of anilines is 1. The number of likely N-dealkylation sites (N-methyl/N-ethyl adjacent to an activating group) is 1. The summed E-state index contributed by atoms with van der Waals surface area (Å²) in [7, 11) is 0. The molecule has 0 aromatic heterocycles. The van der Waals surface area contributed by atoms with E-state index in [1.165, 1.54) is 12.8 Å². The van der Waals surface area contributed by atoms with Crippen LogP contribution in [0.1, 0.15) is 54.9 Å². The van der Waals surface area contributed by atoms with Crippen molar-refractivity contribution in [1.29, 1.82) is 0 Å². The van der Waals surface area contributed by atoms with Crippen LogP contribution < -0.4 is 16.0 Å². The Morgan fingerprint density at radius 2 is 1.96 bits per heavy atom. The van der Waals surface area contributed by atoms with E-state index >= 15 is 0 Å². The number of carbonyl (C=O) groups is 3. The molecule has 1 saturated heterocycles. The normalized spacial score (nSPS) is 27.7. The zero-order valence-corrected chi connectivity index (χ0v) is 15.6. The number of piperidine rings is 1. The van der Waals surface area contributed by atoms with Gasteiger partial charge in [0.1, 0.15) is 6.04 Å². The number of amides is 3. The van der Waals surface area contributed by atoms with Crippen LogP contribution in [0.4, 0.5) is 5.69 Å². The molecule has 1 saturated carbocycles. The number of fused-ring (bicyclic) bond motifs is 1. The topological polar surface area (TPSA) is 90.5 Å². The largest absolute Gasteiger partial charge is 0.381 e. The van der Waals surface area contributed by atoms with Crippen molar-refractivity contribution in [1.82, 2.24) is 15.5 Å². The molecule has 3 atom stereocenters. The monoisotopic (exact) mass is 370 g/mol. The Morgan fingerprint density at radius 1 is 1.15 bits per heavy atom. The molecule has 7 heteroatoms. The Labute approximate surface area is 158 Å². The van der Waals surface area contributed by atoms with E-state index in [9.17, 15) is 14.4 Å². The number of rotatable bonds is 5. The van der Waals surface area contributed by atoms with Crippen LogP contribution in [0.25, 0.3) is 0 Å². The molecule has 1 aromatic carbocycles. The van der Waals surface area contributed by atoms with E-state index in [0.717, 1.165) is 24.2 Å². The predicted octanol–water partition coefficient (Wildman–Crippen LogP) is 1.39. The van der Waals surface area contributed by atoms with Gasteiger partial charge in [0.05, 0.1) is 0 Å². The molecule has 144 valence electrons. The molecule has 27 heavy (non-hydrogen) atoms. The second-order valence-corrected chi connectivity index (χ2v) is 7.62. The summed E-state index contributed by atoms with van der Waals surface area (Å²) < 4.78 is 0. The molecule has 0 spiro atoms. The van der Waals surface area contributed by atoms with Gasteiger partial charge in [0, 0.05) is 36.3 Å². The van der Waals surface area contributed by atoms with Gasteiger partial charge in [-0.2, -0.15) is 0 Å². The van der Waals surface area contributed by atoms with Gasteiger partial charge in [-0.3, -0.25) is 19.7 Å². The number of nitrogens with zero attached hydrogens (tertiary/aromatic N) is 1. The van der Waals surface area contributed by atoms with E-state index in [1.54, 1.807) is 4.90 Å². The number of carbonyl (C=O) groups excluding carboxylic acids is 3. The fourth-order valence-corrected chi connectivity index (χ4v) is 4.52. The van der Waals surface area contributed by atoms with Gasteiger partial charge in [-0.15, -0.1) is 0 Å². The van der Waals surface area contributed by atoms with Crippen LogP contribution in [0, 0.1) is 0 Å². The summed E-state index contributed by atoms with van der Waals surface area (Å²) in [6.07, 6.45) is 4.19. The lowest BCUT2D eigenvalue weighted by Gasteiger charge is -2.29. The minimum absolute atomic E-state index is 0.127. The molecule has 1 aliphatic carbocycles. The number of benzene rings is 1. The Balaban J connectivity index is 1.48. The molecular weight excluding hydrogens is 344 g/mol. The first-order valence-electron chi connectivity index (χ1n) is 9.84. The van der Waals surface area contributed by atoms with Crippen molar-refractivity contribution in [2.45, 2.75) is 63.7 Å². The van der Waals surface area contributed by atoms with Gasteiger partial charge >= 0.3 is 0 Å². The van der Waals surface area contributed by atoms with Gasteiger partial charge in [-0.05, 0) is 56.0 Å². The van der Waals surface area contributed by atoms with E-state index in [1.807, 2.05) is 18.2 Å². The van der Waals surface area contributed by atoms with E-state index in [0.29, 0.717) is 30.6 Å². The quantitative estimate of drug-likeness (QED) is 0.682. The van der Waals surface area contributed by atoms with Crippen LogP contribution in [0.2, 0.25) is 0 Å². The van der Waals surface area contributed by atoms with E-state index < -0.39 is 6.04 Å². The standard InChI is InChI=1S/C20H26N4O3/c1-2-21-15-4-3-5-16(15)22-13-6-7-14-12(10-13)11-24(20(14)27)17-8-9-18(25)23-19(17)26/h6-7,10,15-17,21-22H,2-5,8-9,11H2,1H3,(H,23,25,26)/t15-,16-,17?/m1/s1. The summed E-state index contributed by atoms with van der Waals surface area (Å²) >= 11 is 0. The van der Waals surface area contributed by atoms with Gasteiger partial charge in [-0.25, -0.2) is 0 Å². The molecule has 4 rings (SSSR count). The number of hydrogen-bond acceptors (Lipinski definition) is 5. The molecule has 2 aliphatic heterocycles. The van der Waals surface area contributed by atoms with Crippen LogP contribution >= 0.6 is 0 Å². The third kappa shape index (κ3) is 3.43. The van der Waals surface area contributed by atoms with E-state index in [2.05, 4.69) is 22.9 Å². The Hall–Kier alpha value is -2.41. The summed E-state index contributed by atoms with van der Waals surface area (Å²) in [5.74, 6) is -0.763. The van der Waals surface area contributed by atoms with Gasteiger partial charge in [0.25, 0.3) is 5.91 Å². The molecule has 7 nitrogen and oxygen atoms in total. The van der Waals surface area contributed by atoms with Crippen molar-refractivity contribution in [2.75, 3.05) is 11.9 Å². The first-order valence-corrected chi connectivity index (χ1v) is 9.84. The van der Waals surface area contributed by atoms with Crippen LogP contribution in [-0.4, -0.2) is 47.3 Å². The van der Waals surface area contributed by atoms with Gasteiger partial charge in [0.2, 0.25) is 11.8 Å². The van der Waals surface area contributed by atoms with Crippen molar-refractivity contribution in [3.8, 4) is 0 Å². The highest BCUT2D eigenvalue weighted by molar-refractivity contribution is 6.05. The molecule has 3 N–H and O–H groups in total. The highest BCUT2D eigenvalue weighted by atomic mass is 16.2. The third-order valence-corrected chi connectivity index (χ3v) is 5.86. The second-order valence-electron chi connectivity index (χ2n) is 7.62. The molecule has 2 heterocycles. The Kier molecular flexibility index (Phi) is 4.86. The minimum Gasteiger partial charge on any atom is -0.381 e. The fourth-order valence-electron chi connectivity index (χ4n) is 4.52. The molecule has 3 amide bonds. The molecule has 2 fully saturated rings. The lowest BCUT2D eigenvalue weighted by Crippen LogP contribution is -2.52. The first kappa shape index (κ1) is 18.0. The number of imide groups is 1. The average Bonchev–Trinajstić information content (AvgIpc) is 3.20. The van der Waals surface area contributed by atoms with Crippen molar-refractivity contribution in [2.24, 2.45) is 0 Å². The van der Waals surface area contributed by atoms with Gasteiger partial charge in [0.15, 0.2) is 0 Å². The Bertz CT molecular complexity index is 778. The number of hydrogen-bond donors (Lipinski definition) is 3. The first-order chi connectivity index (χ1) is 13.1. The van der Waals surface area contributed by atoms with Crippen molar-refractivity contribution < 1.29 is 14.4 Å². The van der Waals surface area contributed by atoms with Crippen molar-refractivity contribution >= 4 is 23.4 Å². The third-order valence-electron chi connectivity index (χ3n) is 5.86. The molecule has 0 bridgehead atoms. The minimum atomic E-state index is -0.563. The maximum atomic E-state index is 12.7. The van der Waals surface area contributed by atoms with Crippen molar-refractivity contribution in [3.05, 3.63) is 29.3 Å². The molecule has 0 radical (unpaired) electrons. The lowest BCUT2D eigenvalue weighted by atomic mass is 10.0. The van der Waals surface area contributed by atoms with E-state index in [4.69, 9.17) is 0 Å². The number of nitrogens with one attached hydrogen (secondary N) is 3. The zero-order chi connectivity index (χ0) is 19.0. The molecule has 1 unspecified atom stereocenters. The lowest BCUT2D eigenvalue weighted by molar-refractivity contribution is -0.136. The van der Waals surface area contributed by atoms with Crippen LogP contribution in [0.15, 0.2) is 18.2 Å². The maximum absolute atomic E-state index is 12.7. The van der Waals surface area contributed by atoms with Crippen LogP contribution in [-0.2, 0) is 16.1 Å². The molecule has 3 aliphatic rings. The van der Waals surface area contributed by atoms with Crippen molar-refractivity contribution in [3.63, 3.8) is 0 Å². The molecular formula is C20H26N4O3. The predicted molar refractivity (Wildman–Crippen MR) is 101 cm³/mol. The second kappa shape index (κ2) is 7.31. The Morgan fingerprint density at radius 3 is 2.74 bits per heavy atom. The average molecular weight is 370 g/mol. The molecule has 1 aromatic rings. The van der Waals surface area contributed by atoms with Crippen LogP contribution in [0.3, 0.4) is 0 Å². The highest BCUT2D eigenvalue weighted by Crippen LogP contribution is 2.31. The summed E-state index contributed by atoms with van der Waals surface area (Å²) in [5.41, 5.74) is 2.61. The smallest absolute Gasteiger partial charge is 0.255 e. The summed E-state index contributed by atoms with van der Waals surface area (Å²) in [5, 5.41) is 9.49. The zero-order valence-electron chi connectivity index (χ0n) is 15.6. The SMILES string of the molecule is CCN[C@@H]1CCC[C@H]1Nc1ccc2c(c1)CN(C1CCC(=O)NC1=O)C2=O. The summed E-state index contributed by atoms with van der Waals surface area (Å²) in [6, 6.07) is 6.14. The van der Waals surface area contributed by atoms with Gasteiger partial charge in [-0.1, -0.05) is 6.92 Å².